The van der Waals surface area contributed by atoms with Crippen LogP contribution < -0.4 is 0 Å². The molecule has 19 heavy (non-hydrogen) atoms. The quantitative estimate of drug-likeness (QED) is 0.555. The average molecular weight is 294 g/mol. The highest BCUT2D eigenvalue weighted by Crippen LogP contribution is 2.36. The van der Waals surface area contributed by atoms with E-state index in [1.807, 2.05) is 13.8 Å². The summed E-state index contributed by atoms with van der Waals surface area (Å²) in [7, 11) is 5.33. The average Bonchev–Trinajstić information content (AvgIpc) is 2.14. The number of hydrogen-bond acceptors (Lipinski definition) is 2. The van der Waals surface area contributed by atoms with Gasteiger partial charge in [0, 0.05) is 4.75 Å². The Kier molecular flexibility index (Phi) is 6.54. The molecule has 1 atom stereocenters. The van der Waals surface area contributed by atoms with Crippen LogP contribution in [0.4, 0.5) is 13.2 Å². The summed E-state index contributed by atoms with van der Waals surface area (Å²) < 4.78 is 35.7. The fraction of sp³-hybridized carbons (Fsp3) is 0.846. The molecule has 2 radical (unpaired) electrons. The molecule has 1 aliphatic carbocycles. The van der Waals surface area contributed by atoms with Crippen molar-refractivity contribution in [2.75, 3.05) is 0 Å². The van der Waals surface area contributed by atoms with Crippen LogP contribution in [-0.2, 0) is 0 Å². The smallest absolute Gasteiger partial charge is 0.389 e. The van der Waals surface area contributed by atoms with Crippen molar-refractivity contribution >= 4 is 20.5 Å². The minimum atomic E-state index is -4.04. The molecule has 1 nitrogen and oxygen atoms in total. The van der Waals surface area contributed by atoms with Crippen molar-refractivity contribution in [2.24, 2.45) is 5.92 Å². The lowest BCUT2D eigenvalue weighted by molar-refractivity contribution is -0.176. The second-order valence-electron chi connectivity index (χ2n) is 5.91. The second kappa shape index (κ2) is 6.57. The summed E-state index contributed by atoms with van der Waals surface area (Å²) in [6.45, 7) is 7.27. The molecule has 0 spiro atoms. The van der Waals surface area contributed by atoms with E-state index in [4.69, 9.17) is 7.85 Å². The predicted octanol–water partition coefficient (Wildman–Crippen LogP) is 3.87. The Morgan fingerprint density at radius 2 is 1.68 bits per heavy atom. The molecule has 0 heterocycles. The summed E-state index contributed by atoms with van der Waals surface area (Å²) in [4.78, 5) is 0. The molecule has 0 saturated carbocycles. The Morgan fingerprint density at radius 1 is 1.26 bits per heavy atom. The summed E-state index contributed by atoms with van der Waals surface area (Å²) in [5.74, 6) is -1.17. The SMILES string of the molecule is CC(C)(O)C(C)(C)S.[B]C1=CCC(C(F)(F)F)CC1. The van der Waals surface area contributed by atoms with Gasteiger partial charge in [0.1, 0.15) is 7.85 Å². The zero-order chi connectivity index (χ0) is 15.5. The molecule has 110 valence electrons. The zero-order valence-electron chi connectivity index (χ0n) is 11.9. The number of rotatable bonds is 1. The Balaban J connectivity index is 0.000000362. The van der Waals surface area contributed by atoms with Gasteiger partial charge in [-0.2, -0.15) is 25.8 Å². The Morgan fingerprint density at radius 3 is 1.89 bits per heavy atom. The standard InChI is InChI=1S/C7H8BF3.C6H14OS/c8-6-3-1-5(2-4-6)7(9,10)11;1-5(2,7)6(3,4)8/h3,5H,1-2,4H2;7-8H,1-4H3. The maximum Gasteiger partial charge on any atom is 0.392 e. The molecule has 0 aromatic rings. The van der Waals surface area contributed by atoms with Crippen LogP contribution in [0.2, 0.25) is 0 Å². The minimum absolute atomic E-state index is 0.0509. The topological polar surface area (TPSA) is 20.2 Å². The maximum atomic E-state index is 12.0. The van der Waals surface area contributed by atoms with E-state index in [9.17, 15) is 18.3 Å². The molecule has 0 fully saturated rings. The first-order valence-electron chi connectivity index (χ1n) is 6.21. The fourth-order valence-electron chi connectivity index (χ4n) is 1.15. The number of aliphatic hydroxyl groups is 1. The lowest BCUT2D eigenvalue weighted by atomic mass is 9.80. The van der Waals surface area contributed by atoms with Gasteiger partial charge in [0.15, 0.2) is 0 Å². The number of thiol groups is 1. The Labute approximate surface area is 120 Å². The normalized spacial score (nSPS) is 21.3. The van der Waals surface area contributed by atoms with Gasteiger partial charge in [0.2, 0.25) is 0 Å². The second-order valence-corrected chi connectivity index (χ2v) is 7.03. The van der Waals surface area contributed by atoms with Gasteiger partial charge < -0.3 is 5.11 Å². The van der Waals surface area contributed by atoms with E-state index >= 15 is 0 Å². The largest absolute Gasteiger partial charge is 0.392 e. The van der Waals surface area contributed by atoms with E-state index in [1.54, 1.807) is 13.8 Å². The Hall–Kier alpha value is -0.0951. The highest BCUT2D eigenvalue weighted by molar-refractivity contribution is 7.81. The molecular formula is C13H22BF3OS. The van der Waals surface area contributed by atoms with E-state index in [-0.39, 0.29) is 17.6 Å². The van der Waals surface area contributed by atoms with Gasteiger partial charge in [-0.3, -0.25) is 0 Å². The van der Waals surface area contributed by atoms with Gasteiger partial charge in [-0.25, -0.2) is 0 Å². The van der Waals surface area contributed by atoms with Crippen LogP contribution in [-0.4, -0.2) is 29.5 Å². The number of alkyl halides is 3. The van der Waals surface area contributed by atoms with Gasteiger partial charge in [-0.05, 0) is 47.0 Å². The molecule has 1 rings (SSSR count). The monoisotopic (exact) mass is 294 g/mol. The third kappa shape index (κ3) is 7.30. The summed E-state index contributed by atoms with van der Waals surface area (Å²) in [5, 5.41) is 9.28. The van der Waals surface area contributed by atoms with Crippen LogP contribution in [0.3, 0.4) is 0 Å². The molecule has 0 bridgehead atoms. The van der Waals surface area contributed by atoms with Gasteiger partial charge >= 0.3 is 6.18 Å². The molecule has 0 aliphatic heterocycles. The number of allylic oxidation sites excluding steroid dienone is 2. The van der Waals surface area contributed by atoms with Crippen LogP contribution in [0.5, 0.6) is 0 Å². The number of halogens is 3. The van der Waals surface area contributed by atoms with Crippen molar-refractivity contribution in [3.8, 4) is 0 Å². The van der Waals surface area contributed by atoms with Crippen molar-refractivity contribution in [1.82, 2.24) is 0 Å². The maximum absolute atomic E-state index is 12.0. The highest BCUT2D eigenvalue weighted by Gasteiger charge is 2.39. The first-order valence-corrected chi connectivity index (χ1v) is 6.66. The van der Waals surface area contributed by atoms with Crippen molar-refractivity contribution in [2.45, 2.75) is 63.5 Å². The van der Waals surface area contributed by atoms with Crippen LogP contribution in [0.1, 0.15) is 47.0 Å². The van der Waals surface area contributed by atoms with Crippen molar-refractivity contribution < 1.29 is 18.3 Å². The molecule has 0 aromatic carbocycles. The molecule has 0 amide bonds. The lowest BCUT2D eigenvalue weighted by Gasteiger charge is -2.32. The van der Waals surface area contributed by atoms with Crippen LogP contribution in [0.25, 0.3) is 0 Å². The molecular weight excluding hydrogens is 272 g/mol. The van der Waals surface area contributed by atoms with E-state index in [0.717, 1.165) is 0 Å². The number of hydrogen-bond donors (Lipinski definition) is 2. The van der Waals surface area contributed by atoms with Crippen molar-refractivity contribution in [3.63, 3.8) is 0 Å². The molecule has 6 heteroatoms. The van der Waals surface area contributed by atoms with Gasteiger partial charge in [0.25, 0.3) is 0 Å². The van der Waals surface area contributed by atoms with Crippen molar-refractivity contribution in [3.05, 3.63) is 11.5 Å². The zero-order valence-corrected chi connectivity index (χ0v) is 12.8. The summed E-state index contributed by atoms with van der Waals surface area (Å²) in [6, 6.07) is 0. The third-order valence-corrected chi connectivity index (χ3v) is 3.95. The van der Waals surface area contributed by atoms with Crippen LogP contribution in [0.15, 0.2) is 11.5 Å². The Bertz CT molecular complexity index is 301. The summed E-state index contributed by atoms with van der Waals surface area (Å²) >= 11 is 4.19. The molecule has 1 unspecified atom stereocenters. The molecule has 1 N–H and O–H groups in total. The third-order valence-electron chi connectivity index (χ3n) is 3.41. The summed E-state index contributed by atoms with van der Waals surface area (Å²) in [6.07, 6.45) is -2.00. The van der Waals surface area contributed by atoms with E-state index < -0.39 is 17.7 Å². The van der Waals surface area contributed by atoms with E-state index in [0.29, 0.717) is 11.9 Å². The molecule has 0 aromatic heterocycles. The van der Waals surface area contributed by atoms with Crippen LogP contribution in [0, 0.1) is 5.92 Å². The fourth-order valence-corrected chi connectivity index (χ4v) is 1.15. The summed E-state index contributed by atoms with van der Waals surface area (Å²) in [5.41, 5.74) is -0.110. The van der Waals surface area contributed by atoms with Crippen molar-refractivity contribution in [1.29, 1.82) is 0 Å². The molecule has 0 saturated heterocycles. The van der Waals surface area contributed by atoms with Gasteiger partial charge in [0.05, 0.1) is 11.5 Å². The van der Waals surface area contributed by atoms with Gasteiger partial charge in [-0.15, -0.1) is 5.47 Å². The predicted molar refractivity (Wildman–Crippen MR) is 76.6 cm³/mol. The van der Waals surface area contributed by atoms with E-state index in [1.165, 1.54) is 6.08 Å². The van der Waals surface area contributed by atoms with Crippen LogP contribution >= 0.6 is 12.6 Å². The molecule has 1 aliphatic rings. The van der Waals surface area contributed by atoms with Gasteiger partial charge in [-0.1, -0.05) is 6.08 Å². The lowest BCUT2D eigenvalue weighted by Crippen LogP contribution is -2.40. The minimum Gasteiger partial charge on any atom is -0.389 e. The first-order chi connectivity index (χ1) is 8.25. The first kappa shape index (κ1) is 18.9. The van der Waals surface area contributed by atoms with E-state index in [2.05, 4.69) is 12.6 Å². The highest BCUT2D eigenvalue weighted by atomic mass is 32.1.